The Morgan fingerprint density at radius 3 is 1.94 bits per heavy atom. The van der Waals surface area contributed by atoms with Gasteiger partial charge in [-0.15, -0.1) is 0 Å². The number of nitrogens with one attached hydrogen (secondary N) is 1. The molecule has 2 heteroatoms. The van der Waals surface area contributed by atoms with Crippen LogP contribution in [0.5, 0.6) is 0 Å². The van der Waals surface area contributed by atoms with Crippen LogP contribution in [-0.2, 0) is 4.74 Å². The molecule has 0 spiro atoms. The minimum Gasteiger partial charge on any atom is -0.379 e. The summed E-state index contributed by atoms with van der Waals surface area (Å²) in [6.45, 7) is 13.9. The van der Waals surface area contributed by atoms with E-state index in [0.29, 0.717) is 16.9 Å². The van der Waals surface area contributed by atoms with E-state index in [1.807, 2.05) is 0 Å². The van der Waals surface area contributed by atoms with Gasteiger partial charge in [0, 0.05) is 13.2 Å². The molecule has 0 heterocycles. The van der Waals surface area contributed by atoms with Gasteiger partial charge in [0.2, 0.25) is 0 Å². The van der Waals surface area contributed by atoms with Crippen molar-refractivity contribution in [2.24, 2.45) is 16.7 Å². The molecule has 0 aromatic heterocycles. The van der Waals surface area contributed by atoms with E-state index in [-0.39, 0.29) is 5.60 Å². The maximum absolute atomic E-state index is 5.51. The van der Waals surface area contributed by atoms with Crippen LogP contribution in [0.15, 0.2) is 0 Å². The van der Waals surface area contributed by atoms with E-state index in [4.69, 9.17) is 4.74 Å². The van der Waals surface area contributed by atoms with Gasteiger partial charge in [0.05, 0.1) is 5.60 Å². The zero-order chi connectivity index (χ0) is 13.5. The lowest BCUT2D eigenvalue weighted by Crippen LogP contribution is -2.33. The van der Waals surface area contributed by atoms with Gasteiger partial charge in [0.15, 0.2) is 0 Å². The Morgan fingerprint density at radius 1 is 1.18 bits per heavy atom. The van der Waals surface area contributed by atoms with E-state index < -0.39 is 0 Å². The molecular formula is C15H31NO. The molecule has 0 amide bonds. The summed E-state index contributed by atoms with van der Waals surface area (Å²) in [5.41, 5.74) is 0.911. The molecule has 0 aromatic rings. The molecule has 1 rings (SSSR count). The summed E-state index contributed by atoms with van der Waals surface area (Å²) in [6, 6.07) is 0.606. The topological polar surface area (TPSA) is 21.3 Å². The molecule has 0 saturated heterocycles. The van der Waals surface area contributed by atoms with Crippen molar-refractivity contribution in [2.75, 3.05) is 14.2 Å². The number of hydrogen-bond acceptors (Lipinski definition) is 2. The van der Waals surface area contributed by atoms with Crippen molar-refractivity contribution in [1.29, 1.82) is 0 Å². The monoisotopic (exact) mass is 241 g/mol. The molecule has 2 nitrogen and oxygen atoms in total. The van der Waals surface area contributed by atoms with Gasteiger partial charge in [-0.3, -0.25) is 0 Å². The van der Waals surface area contributed by atoms with Crippen LogP contribution in [0.2, 0.25) is 0 Å². The molecule has 1 aliphatic carbocycles. The third-order valence-electron chi connectivity index (χ3n) is 5.52. The lowest BCUT2D eigenvalue weighted by atomic mass is 9.93. The lowest BCUT2D eigenvalue weighted by Gasteiger charge is -2.26. The molecule has 0 bridgehead atoms. The molecule has 0 aliphatic heterocycles. The smallest absolute Gasteiger partial charge is 0.0623 e. The van der Waals surface area contributed by atoms with Gasteiger partial charge in [0.25, 0.3) is 0 Å². The zero-order valence-electron chi connectivity index (χ0n) is 13.0. The Labute approximate surface area is 108 Å². The Morgan fingerprint density at radius 2 is 1.65 bits per heavy atom. The molecule has 102 valence electrons. The highest BCUT2D eigenvalue weighted by Gasteiger charge is 2.66. The third kappa shape index (κ3) is 2.68. The van der Waals surface area contributed by atoms with Gasteiger partial charge in [-0.05, 0) is 50.5 Å². The molecule has 1 unspecified atom stereocenters. The van der Waals surface area contributed by atoms with Crippen LogP contribution in [0.25, 0.3) is 0 Å². The van der Waals surface area contributed by atoms with Crippen LogP contribution in [0.3, 0.4) is 0 Å². The Balaban J connectivity index is 2.58. The normalized spacial score (nSPS) is 24.7. The van der Waals surface area contributed by atoms with Crippen LogP contribution in [0.1, 0.15) is 54.4 Å². The molecule has 1 aliphatic rings. The number of methoxy groups -OCH3 is 1. The van der Waals surface area contributed by atoms with E-state index >= 15 is 0 Å². The van der Waals surface area contributed by atoms with Crippen molar-refractivity contribution >= 4 is 0 Å². The maximum atomic E-state index is 5.51. The first-order chi connectivity index (χ1) is 7.60. The second-order valence-electron chi connectivity index (χ2n) is 7.32. The van der Waals surface area contributed by atoms with E-state index in [1.54, 1.807) is 7.11 Å². The molecule has 1 N–H and O–H groups in total. The highest BCUT2D eigenvalue weighted by molar-refractivity contribution is 5.16. The number of rotatable bonds is 6. The van der Waals surface area contributed by atoms with E-state index in [9.17, 15) is 0 Å². The van der Waals surface area contributed by atoms with Gasteiger partial charge in [-0.1, -0.05) is 27.7 Å². The first-order valence-electron chi connectivity index (χ1n) is 6.82. The summed E-state index contributed by atoms with van der Waals surface area (Å²) in [4.78, 5) is 0. The maximum Gasteiger partial charge on any atom is 0.0623 e. The summed E-state index contributed by atoms with van der Waals surface area (Å²) >= 11 is 0. The van der Waals surface area contributed by atoms with Gasteiger partial charge in [-0.2, -0.15) is 0 Å². The summed E-state index contributed by atoms with van der Waals surface area (Å²) < 4.78 is 5.51. The molecule has 1 atom stereocenters. The second-order valence-corrected chi connectivity index (χ2v) is 7.32. The lowest BCUT2D eigenvalue weighted by molar-refractivity contribution is 0.0109. The molecule has 0 aromatic carbocycles. The number of hydrogen-bond donors (Lipinski definition) is 1. The molecule has 0 radical (unpaired) electrons. The first-order valence-corrected chi connectivity index (χ1v) is 6.82. The van der Waals surface area contributed by atoms with E-state index in [2.05, 4.69) is 53.9 Å². The van der Waals surface area contributed by atoms with Crippen molar-refractivity contribution in [3.63, 3.8) is 0 Å². The number of ether oxygens (including phenoxy) is 1. The van der Waals surface area contributed by atoms with Crippen molar-refractivity contribution in [2.45, 2.75) is 66.0 Å². The van der Waals surface area contributed by atoms with Crippen LogP contribution < -0.4 is 5.32 Å². The van der Waals surface area contributed by atoms with Gasteiger partial charge >= 0.3 is 0 Å². The fourth-order valence-corrected chi connectivity index (χ4v) is 3.34. The SMILES string of the molecule is CNC(CCC(C)(C)OC)C1C(C)(C)C1(C)C. The minimum absolute atomic E-state index is 0.00171. The predicted octanol–water partition coefficient (Wildman–Crippen LogP) is 3.46. The van der Waals surface area contributed by atoms with Crippen molar-refractivity contribution < 1.29 is 4.74 Å². The molecule has 1 saturated carbocycles. The molecular weight excluding hydrogens is 210 g/mol. The van der Waals surface area contributed by atoms with Gasteiger partial charge < -0.3 is 10.1 Å². The van der Waals surface area contributed by atoms with Crippen molar-refractivity contribution in [1.82, 2.24) is 5.32 Å². The Hall–Kier alpha value is -0.0800. The van der Waals surface area contributed by atoms with Crippen molar-refractivity contribution in [3.8, 4) is 0 Å². The first kappa shape index (κ1) is 15.0. The summed E-state index contributed by atoms with van der Waals surface area (Å²) in [5.74, 6) is 0.771. The highest BCUT2D eigenvalue weighted by atomic mass is 16.5. The molecule has 1 fully saturated rings. The quantitative estimate of drug-likeness (QED) is 0.769. The zero-order valence-corrected chi connectivity index (χ0v) is 13.0. The largest absolute Gasteiger partial charge is 0.379 e. The predicted molar refractivity (Wildman–Crippen MR) is 74.2 cm³/mol. The van der Waals surface area contributed by atoms with Crippen molar-refractivity contribution in [3.05, 3.63) is 0 Å². The van der Waals surface area contributed by atoms with Crippen LogP contribution in [0, 0.1) is 16.7 Å². The standard InChI is InChI=1S/C15H31NO/c1-13(2,17-8)10-9-11(16-7)12-14(3,4)15(12,5)6/h11-12,16H,9-10H2,1-8H3. The van der Waals surface area contributed by atoms with Crippen LogP contribution >= 0.6 is 0 Å². The molecule has 17 heavy (non-hydrogen) atoms. The average molecular weight is 241 g/mol. The fraction of sp³-hybridized carbons (Fsp3) is 1.00. The summed E-state index contributed by atoms with van der Waals surface area (Å²) in [5, 5.41) is 3.52. The Kier molecular flexibility index (Phi) is 4.01. The van der Waals surface area contributed by atoms with E-state index in [0.717, 1.165) is 12.3 Å². The second kappa shape index (κ2) is 4.55. The van der Waals surface area contributed by atoms with Crippen LogP contribution in [-0.4, -0.2) is 25.8 Å². The third-order valence-corrected chi connectivity index (χ3v) is 5.52. The summed E-state index contributed by atoms with van der Waals surface area (Å²) in [6.07, 6.45) is 2.30. The van der Waals surface area contributed by atoms with Crippen LogP contribution in [0.4, 0.5) is 0 Å². The van der Waals surface area contributed by atoms with Gasteiger partial charge in [-0.25, -0.2) is 0 Å². The van der Waals surface area contributed by atoms with Gasteiger partial charge in [0.1, 0.15) is 0 Å². The average Bonchev–Trinajstić information content (AvgIpc) is 2.61. The minimum atomic E-state index is -0.00171. The Bertz CT molecular complexity index is 254. The highest BCUT2D eigenvalue weighted by Crippen LogP contribution is 2.70. The fourth-order valence-electron chi connectivity index (χ4n) is 3.34. The summed E-state index contributed by atoms with van der Waals surface area (Å²) in [7, 11) is 3.90. The van der Waals surface area contributed by atoms with E-state index in [1.165, 1.54) is 6.42 Å².